The summed E-state index contributed by atoms with van der Waals surface area (Å²) in [7, 11) is 0. The summed E-state index contributed by atoms with van der Waals surface area (Å²) in [5, 5.41) is 126. The van der Waals surface area contributed by atoms with Crippen LogP contribution in [0.2, 0.25) is 0 Å². The summed E-state index contributed by atoms with van der Waals surface area (Å²) < 4.78 is 33.9. The fraction of sp³-hybridized carbons (Fsp3) is 0.962. The Morgan fingerprint density at radius 1 is 0.674 bits per heavy atom. The largest absolute Gasteiger partial charge is 0.394 e. The standard InChI is InChI=1S/C26H47NO19/c1-7-13(33)16(36)19(39)24(41-7)45-22(11(32)5-29)21(10(4-28)27-9(3)31)44-26-23(18(38)15(35)12(6-30)43-26)46-25-20(40)17(37)14(34)8(2)42-25/h7-8,10-26,28-30,32-40H,4-6H2,1-3H3,(H,27,31)/t7-,8-,10-,11+,12+,13+,14+,15-,16+,17+,18-,19-,20-,21+,22+,23+,24-,25-,26-/m0/s1. The predicted octanol–water partition coefficient (Wildman–Crippen LogP) is -7.91. The number of ether oxygens (including phenoxy) is 6. The van der Waals surface area contributed by atoms with Crippen LogP contribution in [0, 0.1) is 0 Å². The van der Waals surface area contributed by atoms with Gasteiger partial charge in [-0.15, -0.1) is 0 Å². The second-order valence-corrected chi connectivity index (χ2v) is 11.6. The maximum Gasteiger partial charge on any atom is 0.217 e. The number of hydrogen-bond acceptors (Lipinski definition) is 19. The van der Waals surface area contributed by atoms with Crippen molar-refractivity contribution in [1.29, 1.82) is 0 Å². The third kappa shape index (κ3) is 8.66. The fourth-order valence-corrected chi connectivity index (χ4v) is 5.41. The molecule has 3 aliphatic heterocycles. The van der Waals surface area contributed by atoms with E-state index < -0.39 is 142 Å². The molecule has 270 valence electrons. The predicted molar refractivity (Wildman–Crippen MR) is 145 cm³/mol. The molecule has 13 N–H and O–H groups in total. The van der Waals surface area contributed by atoms with Gasteiger partial charge in [0, 0.05) is 6.92 Å². The quantitative estimate of drug-likeness (QED) is 0.0860. The van der Waals surface area contributed by atoms with Gasteiger partial charge >= 0.3 is 0 Å². The molecule has 0 spiro atoms. The van der Waals surface area contributed by atoms with Gasteiger partial charge in [0.1, 0.15) is 79.4 Å². The average Bonchev–Trinajstić information content (AvgIpc) is 3.02. The van der Waals surface area contributed by atoms with Crippen LogP contribution in [0.3, 0.4) is 0 Å². The molecule has 0 radical (unpaired) electrons. The van der Waals surface area contributed by atoms with Gasteiger partial charge in [0.15, 0.2) is 18.9 Å². The molecule has 20 nitrogen and oxygen atoms in total. The highest BCUT2D eigenvalue weighted by Crippen LogP contribution is 2.32. The molecule has 19 atom stereocenters. The van der Waals surface area contributed by atoms with Gasteiger partial charge in [-0.2, -0.15) is 0 Å². The van der Waals surface area contributed by atoms with Crippen LogP contribution >= 0.6 is 0 Å². The van der Waals surface area contributed by atoms with E-state index >= 15 is 0 Å². The van der Waals surface area contributed by atoms with Crippen LogP contribution in [-0.4, -0.2) is 203 Å². The Bertz CT molecular complexity index is 951. The number of aliphatic hydroxyl groups excluding tert-OH is 12. The third-order valence-corrected chi connectivity index (χ3v) is 8.19. The molecule has 0 aromatic heterocycles. The summed E-state index contributed by atoms with van der Waals surface area (Å²) in [6.45, 7) is 0.910. The number of nitrogens with one attached hydrogen (secondary N) is 1. The Labute approximate surface area is 263 Å². The Morgan fingerprint density at radius 2 is 1.20 bits per heavy atom. The van der Waals surface area contributed by atoms with Crippen molar-refractivity contribution < 1.29 is 94.5 Å². The first-order valence-electron chi connectivity index (χ1n) is 14.7. The first-order chi connectivity index (χ1) is 21.6. The molecule has 0 aromatic carbocycles. The Hall–Kier alpha value is -1.25. The Balaban J connectivity index is 2.02. The van der Waals surface area contributed by atoms with Gasteiger partial charge in [-0.25, -0.2) is 0 Å². The zero-order valence-electron chi connectivity index (χ0n) is 25.3. The summed E-state index contributed by atoms with van der Waals surface area (Å²) >= 11 is 0. The fourth-order valence-electron chi connectivity index (χ4n) is 5.41. The normalized spacial score (nSPS) is 44.6. The molecule has 1 amide bonds. The minimum atomic E-state index is -1.97. The molecular weight excluding hydrogens is 630 g/mol. The lowest BCUT2D eigenvalue weighted by molar-refractivity contribution is -0.379. The van der Waals surface area contributed by atoms with Crippen molar-refractivity contribution in [2.45, 2.75) is 137 Å². The van der Waals surface area contributed by atoms with Crippen LogP contribution in [0.15, 0.2) is 0 Å². The summed E-state index contributed by atoms with van der Waals surface area (Å²) in [5.41, 5.74) is 0. The summed E-state index contributed by atoms with van der Waals surface area (Å²) in [6.07, 6.45) is -31.0. The van der Waals surface area contributed by atoms with E-state index in [2.05, 4.69) is 5.32 Å². The van der Waals surface area contributed by atoms with Crippen molar-refractivity contribution in [2.24, 2.45) is 0 Å². The monoisotopic (exact) mass is 677 g/mol. The Kier molecular flexibility index (Phi) is 14.4. The first kappa shape index (κ1) is 39.2. The summed E-state index contributed by atoms with van der Waals surface area (Å²) in [4.78, 5) is 12.1. The van der Waals surface area contributed by atoms with Gasteiger partial charge in [0.25, 0.3) is 0 Å². The van der Waals surface area contributed by atoms with Gasteiger partial charge in [0.2, 0.25) is 5.91 Å². The Morgan fingerprint density at radius 3 is 1.70 bits per heavy atom. The first-order valence-corrected chi connectivity index (χ1v) is 14.7. The van der Waals surface area contributed by atoms with Crippen LogP contribution in [0.1, 0.15) is 20.8 Å². The highest BCUT2D eigenvalue weighted by Gasteiger charge is 2.53. The van der Waals surface area contributed by atoms with Crippen LogP contribution in [0.25, 0.3) is 0 Å². The molecule has 3 aliphatic rings. The smallest absolute Gasteiger partial charge is 0.217 e. The molecule has 0 aromatic rings. The number of rotatable bonds is 13. The molecule has 3 rings (SSSR count). The molecule has 3 fully saturated rings. The second kappa shape index (κ2) is 16.9. The lowest BCUT2D eigenvalue weighted by atomic mass is 9.96. The number of hydrogen-bond donors (Lipinski definition) is 13. The maximum atomic E-state index is 12.1. The van der Waals surface area contributed by atoms with E-state index in [0.717, 1.165) is 6.92 Å². The van der Waals surface area contributed by atoms with E-state index in [0.29, 0.717) is 0 Å². The molecule has 0 bridgehead atoms. The minimum Gasteiger partial charge on any atom is -0.394 e. The van der Waals surface area contributed by atoms with Gasteiger partial charge in [0.05, 0.1) is 38.1 Å². The molecule has 0 aliphatic carbocycles. The van der Waals surface area contributed by atoms with E-state index in [1.165, 1.54) is 13.8 Å². The number of amides is 1. The van der Waals surface area contributed by atoms with Crippen LogP contribution in [-0.2, 0) is 33.2 Å². The number of carbonyl (C=O) groups excluding carboxylic acids is 1. The highest BCUT2D eigenvalue weighted by molar-refractivity contribution is 5.73. The van der Waals surface area contributed by atoms with E-state index in [-0.39, 0.29) is 0 Å². The molecule has 3 saturated heterocycles. The lowest BCUT2D eigenvalue weighted by Crippen LogP contribution is -2.66. The van der Waals surface area contributed by atoms with Crippen LogP contribution < -0.4 is 5.32 Å². The van der Waals surface area contributed by atoms with Crippen molar-refractivity contribution in [3.8, 4) is 0 Å². The zero-order chi connectivity index (χ0) is 34.6. The topological polar surface area (TPSA) is 327 Å². The maximum absolute atomic E-state index is 12.1. The zero-order valence-corrected chi connectivity index (χ0v) is 25.3. The number of aliphatic hydroxyl groups is 12. The SMILES string of the molecule is CC(=O)N[C@@H](CO)[C@@H](O[C@@H]1O[C@H](CO)[C@H](O)[C@H](O)[C@H]1O[C@@H]1O[C@@H](C)[C@@H](O)[C@@H](O)[C@@H]1O)[C@H](O[C@@H]1O[C@@H](C)[C@@H](O)[C@@H](O)[C@@H]1O)[C@H](O)CO. The van der Waals surface area contributed by atoms with Gasteiger partial charge in [-0.05, 0) is 13.8 Å². The third-order valence-electron chi connectivity index (χ3n) is 8.19. The highest BCUT2D eigenvalue weighted by atomic mass is 16.8. The van der Waals surface area contributed by atoms with Gasteiger partial charge in [-0.3, -0.25) is 4.79 Å². The molecule has 46 heavy (non-hydrogen) atoms. The minimum absolute atomic E-state index is 0.729. The van der Waals surface area contributed by atoms with Gasteiger partial charge in [-0.1, -0.05) is 0 Å². The van der Waals surface area contributed by atoms with Crippen molar-refractivity contribution >= 4 is 5.91 Å². The molecule has 0 saturated carbocycles. The summed E-state index contributed by atoms with van der Waals surface area (Å²) in [6, 6.07) is -1.52. The van der Waals surface area contributed by atoms with Crippen molar-refractivity contribution in [1.82, 2.24) is 5.32 Å². The second-order valence-electron chi connectivity index (χ2n) is 11.6. The van der Waals surface area contributed by atoms with E-state index in [9.17, 15) is 66.1 Å². The van der Waals surface area contributed by atoms with Gasteiger partial charge < -0.3 is 95.0 Å². The van der Waals surface area contributed by atoms with E-state index in [1.54, 1.807) is 0 Å². The molecule has 0 unspecified atom stereocenters. The number of carbonyl (C=O) groups is 1. The molecule has 3 heterocycles. The molecular formula is C26H47NO19. The van der Waals surface area contributed by atoms with E-state index in [1.807, 2.05) is 0 Å². The average molecular weight is 678 g/mol. The van der Waals surface area contributed by atoms with Crippen molar-refractivity contribution in [3.63, 3.8) is 0 Å². The van der Waals surface area contributed by atoms with E-state index in [4.69, 9.17) is 28.4 Å². The molecule has 20 heteroatoms. The lowest BCUT2D eigenvalue weighted by Gasteiger charge is -2.48. The van der Waals surface area contributed by atoms with Crippen LogP contribution in [0.5, 0.6) is 0 Å². The summed E-state index contributed by atoms with van der Waals surface area (Å²) in [5.74, 6) is -0.729. The van der Waals surface area contributed by atoms with Crippen LogP contribution in [0.4, 0.5) is 0 Å². The van der Waals surface area contributed by atoms with Crippen molar-refractivity contribution in [3.05, 3.63) is 0 Å². The van der Waals surface area contributed by atoms with Crippen molar-refractivity contribution in [2.75, 3.05) is 19.8 Å².